The quantitative estimate of drug-likeness (QED) is 0.774. The summed E-state index contributed by atoms with van der Waals surface area (Å²) in [6, 6.07) is 13.7. The van der Waals surface area contributed by atoms with Crippen LogP contribution in [-0.2, 0) is 15.7 Å². The van der Waals surface area contributed by atoms with E-state index in [0.29, 0.717) is 12.4 Å². The first-order chi connectivity index (χ1) is 8.95. The minimum atomic E-state index is -3.68. The lowest BCUT2D eigenvalue weighted by Gasteiger charge is -2.07. The predicted octanol–water partition coefficient (Wildman–Crippen LogP) is 3.96. The zero-order chi connectivity index (χ0) is 13.9. The van der Waals surface area contributed by atoms with Crippen molar-refractivity contribution in [3.05, 3.63) is 58.6 Å². The largest absolute Gasteiger partial charge is 0.489 e. The molecule has 0 aliphatic heterocycles. The van der Waals surface area contributed by atoms with E-state index in [-0.39, 0.29) is 4.90 Å². The second kappa shape index (κ2) is 5.94. The summed E-state index contributed by atoms with van der Waals surface area (Å²) < 4.78 is 28.7. The van der Waals surface area contributed by atoms with Crippen LogP contribution in [0.15, 0.2) is 57.9 Å². The highest BCUT2D eigenvalue weighted by molar-refractivity contribution is 9.10. The van der Waals surface area contributed by atoms with E-state index in [1.54, 1.807) is 12.1 Å². The molecule has 0 fully saturated rings. The molecule has 0 aliphatic carbocycles. The van der Waals surface area contributed by atoms with Gasteiger partial charge in [-0.05, 0) is 42.0 Å². The molecule has 0 atom stereocenters. The highest BCUT2D eigenvalue weighted by atomic mass is 79.9. The molecule has 2 aromatic rings. The van der Waals surface area contributed by atoms with E-state index in [1.807, 2.05) is 24.3 Å². The van der Waals surface area contributed by atoms with Crippen molar-refractivity contribution in [3.8, 4) is 5.75 Å². The van der Waals surface area contributed by atoms with Gasteiger partial charge in [-0.15, -0.1) is 0 Å². The smallest absolute Gasteiger partial charge is 0.261 e. The fourth-order valence-corrected chi connectivity index (χ4v) is 2.71. The van der Waals surface area contributed by atoms with Crippen LogP contribution < -0.4 is 4.74 Å². The van der Waals surface area contributed by atoms with E-state index in [0.717, 1.165) is 10.0 Å². The van der Waals surface area contributed by atoms with Crippen molar-refractivity contribution in [3.63, 3.8) is 0 Å². The van der Waals surface area contributed by atoms with Gasteiger partial charge < -0.3 is 4.74 Å². The van der Waals surface area contributed by atoms with E-state index < -0.39 is 9.05 Å². The van der Waals surface area contributed by atoms with E-state index in [1.165, 1.54) is 12.1 Å². The van der Waals surface area contributed by atoms with Gasteiger partial charge in [-0.1, -0.05) is 28.1 Å². The minimum Gasteiger partial charge on any atom is -0.489 e. The Labute approximate surface area is 124 Å². The molecule has 0 bridgehead atoms. The van der Waals surface area contributed by atoms with Crippen molar-refractivity contribution >= 4 is 35.7 Å². The summed E-state index contributed by atoms with van der Waals surface area (Å²) in [7, 11) is 1.55. The highest BCUT2D eigenvalue weighted by Crippen LogP contribution is 2.20. The van der Waals surface area contributed by atoms with Crippen LogP contribution in [-0.4, -0.2) is 8.42 Å². The van der Waals surface area contributed by atoms with Crippen molar-refractivity contribution in [2.75, 3.05) is 0 Å². The van der Waals surface area contributed by atoms with Crippen molar-refractivity contribution < 1.29 is 13.2 Å². The molecule has 2 rings (SSSR count). The van der Waals surface area contributed by atoms with E-state index >= 15 is 0 Å². The molecule has 19 heavy (non-hydrogen) atoms. The summed E-state index contributed by atoms with van der Waals surface area (Å²) >= 11 is 3.38. The van der Waals surface area contributed by atoms with E-state index in [4.69, 9.17) is 15.4 Å². The Kier molecular flexibility index (Phi) is 4.50. The molecule has 6 heteroatoms. The third kappa shape index (κ3) is 4.23. The molecule has 0 aromatic heterocycles. The van der Waals surface area contributed by atoms with Gasteiger partial charge >= 0.3 is 0 Å². The van der Waals surface area contributed by atoms with Crippen molar-refractivity contribution in [2.24, 2.45) is 0 Å². The summed E-state index contributed by atoms with van der Waals surface area (Å²) in [5, 5.41) is 0. The zero-order valence-electron chi connectivity index (χ0n) is 9.71. The van der Waals surface area contributed by atoms with Gasteiger partial charge in [-0.25, -0.2) is 8.42 Å². The summed E-state index contributed by atoms with van der Waals surface area (Å²) in [5.74, 6) is 0.587. The van der Waals surface area contributed by atoms with Gasteiger partial charge in [0.05, 0.1) is 4.90 Å². The zero-order valence-corrected chi connectivity index (χ0v) is 12.9. The van der Waals surface area contributed by atoms with Gasteiger partial charge in [0.25, 0.3) is 9.05 Å². The van der Waals surface area contributed by atoms with Gasteiger partial charge in [-0.3, -0.25) is 0 Å². The molecule has 100 valence electrons. The third-order valence-electron chi connectivity index (χ3n) is 2.40. The minimum absolute atomic E-state index is 0.0592. The molecule has 2 aromatic carbocycles. The lowest BCUT2D eigenvalue weighted by molar-refractivity contribution is 0.306. The Balaban J connectivity index is 2.05. The first kappa shape index (κ1) is 14.4. The van der Waals surface area contributed by atoms with E-state index in [2.05, 4.69) is 15.9 Å². The monoisotopic (exact) mass is 360 g/mol. The van der Waals surface area contributed by atoms with Crippen molar-refractivity contribution in [1.82, 2.24) is 0 Å². The van der Waals surface area contributed by atoms with Crippen LogP contribution in [0.3, 0.4) is 0 Å². The number of hydrogen-bond acceptors (Lipinski definition) is 3. The average Bonchev–Trinajstić information content (AvgIpc) is 2.36. The summed E-state index contributed by atoms with van der Waals surface area (Å²) in [5.41, 5.74) is 1.02. The molecule has 0 spiro atoms. The molecule has 0 aliphatic rings. The van der Waals surface area contributed by atoms with E-state index in [9.17, 15) is 8.42 Å². The molecular weight excluding hydrogens is 352 g/mol. The number of benzene rings is 2. The van der Waals surface area contributed by atoms with Crippen LogP contribution in [0.25, 0.3) is 0 Å². The highest BCUT2D eigenvalue weighted by Gasteiger charge is 2.09. The number of ether oxygens (including phenoxy) is 1. The van der Waals surface area contributed by atoms with Crippen LogP contribution in [0.1, 0.15) is 5.56 Å². The topological polar surface area (TPSA) is 43.4 Å². The molecule has 0 unspecified atom stereocenters. The first-order valence-electron chi connectivity index (χ1n) is 5.37. The summed E-state index contributed by atoms with van der Waals surface area (Å²) in [6.07, 6.45) is 0. The van der Waals surface area contributed by atoms with Crippen molar-refractivity contribution in [1.29, 1.82) is 0 Å². The number of hydrogen-bond donors (Lipinski definition) is 0. The van der Waals surface area contributed by atoms with Gasteiger partial charge in [0.1, 0.15) is 12.4 Å². The first-order valence-corrected chi connectivity index (χ1v) is 8.47. The maximum Gasteiger partial charge on any atom is 0.261 e. The van der Waals surface area contributed by atoms with Gasteiger partial charge in [0.15, 0.2) is 0 Å². The lowest BCUT2D eigenvalue weighted by atomic mass is 10.2. The molecule has 0 saturated heterocycles. The normalized spacial score (nSPS) is 11.3. The molecule has 0 heterocycles. The number of rotatable bonds is 4. The SMILES string of the molecule is O=S(=O)(Cl)c1ccc(OCc2cccc(Br)c2)cc1. The second-order valence-electron chi connectivity index (χ2n) is 3.83. The number of halogens is 2. The third-order valence-corrected chi connectivity index (χ3v) is 4.26. The van der Waals surface area contributed by atoms with Crippen LogP contribution in [0.5, 0.6) is 5.75 Å². The lowest BCUT2D eigenvalue weighted by Crippen LogP contribution is -1.96. The fraction of sp³-hybridized carbons (Fsp3) is 0.0769. The average molecular weight is 362 g/mol. The Morgan fingerprint density at radius 3 is 2.37 bits per heavy atom. The maximum absolute atomic E-state index is 11.1. The molecule has 0 N–H and O–H groups in total. The molecular formula is C13H10BrClO3S. The molecule has 0 amide bonds. The standard InChI is InChI=1S/C13H10BrClO3S/c14-11-3-1-2-10(8-11)9-18-12-4-6-13(7-5-12)19(15,16)17/h1-8H,9H2. The fourth-order valence-electron chi connectivity index (χ4n) is 1.49. The Bertz CT molecular complexity index is 669. The maximum atomic E-state index is 11.1. The Hall–Kier alpha value is -1.04. The van der Waals surface area contributed by atoms with Crippen LogP contribution in [0.4, 0.5) is 0 Å². The van der Waals surface area contributed by atoms with Crippen LogP contribution in [0, 0.1) is 0 Å². The molecule has 3 nitrogen and oxygen atoms in total. The van der Waals surface area contributed by atoms with Gasteiger partial charge in [-0.2, -0.15) is 0 Å². The Morgan fingerprint density at radius 1 is 1.11 bits per heavy atom. The molecule has 0 radical (unpaired) electrons. The van der Waals surface area contributed by atoms with Crippen molar-refractivity contribution in [2.45, 2.75) is 11.5 Å². The van der Waals surface area contributed by atoms with Crippen LogP contribution >= 0.6 is 26.6 Å². The predicted molar refractivity (Wildman–Crippen MR) is 78.0 cm³/mol. The summed E-state index contributed by atoms with van der Waals surface area (Å²) in [6.45, 7) is 0.409. The Morgan fingerprint density at radius 2 is 1.79 bits per heavy atom. The summed E-state index contributed by atoms with van der Waals surface area (Å²) in [4.78, 5) is 0.0592. The van der Waals surface area contributed by atoms with Crippen LogP contribution in [0.2, 0.25) is 0 Å². The molecule has 0 saturated carbocycles. The van der Waals surface area contributed by atoms with Gasteiger partial charge in [0, 0.05) is 15.2 Å². The van der Waals surface area contributed by atoms with Gasteiger partial charge in [0.2, 0.25) is 0 Å². The second-order valence-corrected chi connectivity index (χ2v) is 7.31.